The number of esters is 1. The molecule has 1 aliphatic rings. The molecule has 0 radical (unpaired) electrons. The average molecular weight is 248 g/mol. The molecule has 0 atom stereocenters. The molecule has 18 heavy (non-hydrogen) atoms. The number of hydrogen-bond donors (Lipinski definition) is 1. The lowest BCUT2D eigenvalue weighted by molar-refractivity contribution is -0.138. The van der Waals surface area contributed by atoms with E-state index in [1.165, 1.54) is 7.11 Å². The summed E-state index contributed by atoms with van der Waals surface area (Å²) in [5.74, 6) is -0.208. The van der Waals surface area contributed by atoms with Gasteiger partial charge in [0, 0.05) is 13.0 Å². The van der Waals surface area contributed by atoms with Crippen LogP contribution in [0, 0.1) is 0 Å². The van der Waals surface area contributed by atoms with Crippen molar-refractivity contribution >= 4 is 23.3 Å². The number of nitrogens with zero attached hydrogens (tertiary/aromatic N) is 1. The summed E-state index contributed by atoms with van der Waals surface area (Å²) in [6, 6.07) is 7.47. The molecular weight excluding hydrogens is 232 g/mol. The molecule has 0 unspecified atom stereocenters. The van der Waals surface area contributed by atoms with Crippen molar-refractivity contribution < 1.29 is 14.3 Å². The molecule has 2 rings (SSSR count). The van der Waals surface area contributed by atoms with Crippen LogP contribution in [0.2, 0.25) is 0 Å². The Balaban J connectivity index is 2.15. The number of nitrogens with one attached hydrogen (secondary N) is 1. The molecule has 1 heterocycles. The Morgan fingerprint density at radius 3 is 2.89 bits per heavy atom. The zero-order chi connectivity index (χ0) is 13.0. The lowest BCUT2D eigenvalue weighted by atomic mass is 10.2. The Labute approximate surface area is 106 Å². The Morgan fingerprint density at radius 2 is 2.22 bits per heavy atom. The minimum absolute atomic E-state index is 0.0928. The smallest absolute Gasteiger partial charge is 0.325 e. The second-order valence-electron chi connectivity index (χ2n) is 4.10. The highest BCUT2D eigenvalue weighted by Gasteiger charge is 2.23. The summed E-state index contributed by atoms with van der Waals surface area (Å²) in [6.07, 6.45) is 1.47. The number of rotatable bonds is 4. The molecule has 0 aliphatic carbocycles. The van der Waals surface area contributed by atoms with Crippen LogP contribution in [-0.2, 0) is 14.3 Å². The number of carbonyl (C=O) groups excluding carboxylic acids is 2. The number of hydrogen-bond acceptors (Lipinski definition) is 4. The van der Waals surface area contributed by atoms with Crippen LogP contribution in [0.3, 0.4) is 0 Å². The monoisotopic (exact) mass is 248 g/mol. The number of amides is 1. The molecule has 1 fully saturated rings. The van der Waals surface area contributed by atoms with Crippen molar-refractivity contribution in [3.05, 3.63) is 24.3 Å². The van der Waals surface area contributed by atoms with Crippen LogP contribution < -0.4 is 10.2 Å². The molecule has 96 valence electrons. The lowest BCUT2D eigenvalue weighted by Gasteiger charge is -2.20. The number of para-hydroxylation sites is 2. The third-order valence-corrected chi connectivity index (χ3v) is 2.92. The first kappa shape index (κ1) is 12.4. The third-order valence-electron chi connectivity index (χ3n) is 2.92. The maximum atomic E-state index is 11.7. The van der Waals surface area contributed by atoms with Crippen molar-refractivity contribution in [3.8, 4) is 0 Å². The quantitative estimate of drug-likeness (QED) is 0.818. The van der Waals surface area contributed by atoms with Gasteiger partial charge in [0.05, 0.1) is 18.5 Å². The molecule has 0 saturated carbocycles. The summed E-state index contributed by atoms with van der Waals surface area (Å²) in [4.78, 5) is 24.6. The highest BCUT2D eigenvalue weighted by molar-refractivity contribution is 5.98. The topological polar surface area (TPSA) is 58.6 Å². The average Bonchev–Trinajstić information content (AvgIpc) is 2.82. The Hall–Kier alpha value is -2.04. The van der Waals surface area contributed by atoms with E-state index in [2.05, 4.69) is 10.1 Å². The van der Waals surface area contributed by atoms with Gasteiger partial charge in [0.15, 0.2) is 0 Å². The zero-order valence-corrected chi connectivity index (χ0v) is 10.3. The van der Waals surface area contributed by atoms with Gasteiger partial charge in [-0.3, -0.25) is 9.59 Å². The van der Waals surface area contributed by atoms with Gasteiger partial charge in [-0.15, -0.1) is 0 Å². The second kappa shape index (κ2) is 5.53. The van der Waals surface area contributed by atoms with Crippen LogP contribution in [0.4, 0.5) is 11.4 Å². The zero-order valence-electron chi connectivity index (χ0n) is 10.3. The third kappa shape index (κ3) is 2.61. The number of carbonyl (C=O) groups is 2. The van der Waals surface area contributed by atoms with Crippen LogP contribution in [0.1, 0.15) is 12.8 Å². The van der Waals surface area contributed by atoms with Gasteiger partial charge in [-0.25, -0.2) is 0 Å². The number of methoxy groups -OCH3 is 1. The van der Waals surface area contributed by atoms with Crippen LogP contribution in [0.25, 0.3) is 0 Å². The van der Waals surface area contributed by atoms with E-state index < -0.39 is 0 Å². The predicted molar refractivity (Wildman–Crippen MR) is 68.5 cm³/mol. The second-order valence-corrected chi connectivity index (χ2v) is 4.10. The molecule has 0 bridgehead atoms. The predicted octanol–water partition coefficient (Wildman–Crippen LogP) is 1.40. The van der Waals surface area contributed by atoms with E-state index >= 15 is 0 Å². The largest absolute Gasteiger partial charge is 0.468 e. The minimum Gasteiger partial charge on any atom is -0.468 e. The number of benzene rings is 1. The van der Waals surface area contributed by atoms with Gasteiger partial charge in [0.1, 0.15) is 6.54 Å². The molecule has 1 aliphatic heterocycles. The number of anilines is 2. The van der Waals surface area contributed by atoms with Crippen LogP contribution in [0.5, 0.6) is 0 Å². The van der Waals surface area contributed by atoms with Crippen LogP contribution in [0.15, 0.2) is 24.3 Å². The fourth-order valence-electron chi connectivity index (χ4n) is 2.00. The van der Waals surface area contributed by atoms with Gasteiger partial charge >= 0.3 is 5.97 Å². The standard InChI is InChI=1S/C13H16N2O3/c1-18-13(17)9-14-10-5-2-3-6-11(10)15-8-4-7-12(15)16/h2-3,5-6,14H,4,7-9H2,1H3. The molecule has 1 amide bonds. The first-order valence-corrected chi connectivity index (χ1v) is 5.92. The van der Waals surface area contributed by atoms with Gasteiger partial charge < -0.3 is 15.0 Å². The van der Waals surface area contributed by atoms with E-state index in [1.54, 1.807) is 4.90 Å². The van der Waals surface area contributed by atoms with E-state index in [9.17, 15) is 9.59 Å². The van der Waals surface area contributed by atoms with Crippen molar-refractivity contribution in [2.75, 3.05) is 30.4 Å². The molecule has 1 aromatic rings. The lowest BCUT2D eigenvalue weighted by Crippen LogP contribution is -2.25. The van der Waals surface area contributed by atoms with Crippen molar-refractivity contribution in [1.82, 2.24) is 0 Å². The Kier molecular flexibility index (Phi) is 3.82. The SMILES string of the molecule is COC(=O)CNc1ccccc1N1CCCC1=O. The summed E-state index contributed by atoms with van der Waals surface area (Å²) < 4.78 is 4.58. The van der Waals surface area contributed by atoms with E-state index in [0.29, 0.717) is 6.42 Å². The molecule has 0 aromatic heterocycles. The highest BCUT2D eigenvalue weighted by Crippen LogP contribution is 2.29. The number of ether oxygens (including phenoxy) is 1. The van der Waals surface area contributed by atoms with Crippen molar-refractivity contribution in [3.63, 3.8) is 0 Å². The van der Waals surface area contributed by atoms with Gasteiger partial charge in [-0.05, 0) is 18.6 Å². The summed E-state index contributed by atoms with van der Waals surface area (Å²) >= 11 is 0. The molecule has 1 aromatic carbocycles. The first-order chi connectivity index (χ1) is 8.72. The maximum absolute atomic E-state index is 11.7. The summed E-state index contributed by atoms with van der Waals surface area (Å²) in [5.41, 5.74) is 1.60. The Bertz CT molecular complexity index is 459. The van der Waals surface area contributed by atoms with E-state index in [0.717, 1.165) is 24.3 Å². The molecule has 1 saturated heterocycles. The van der Waals surface area contributed by atoms with Crippen molar-refractivity contribution in [1.29, 1.82) is 0 Å². The van der Waals surface area contributed by atoms with E-state index in [4.69, 9.17) is 0 Å². The van der Waals surface area contributed by atoms with Gasteiger partial charge in [-0.1, -0.05) is 12.1 Å². The van der Waals surface area contributed by atoms with Crippen LogP contribution in [-0.4, -0.2) is 32.1 Å². The highest BCUT2D eigenvalue weighted by atomic mass is 16.5. The van der Waals surface area contributed by atoms with Crippen molar-refractivity contribution in [2.24, 2.45) is 0 Å². The van der Waals surface area contributed by atoms with Crippen LogP contribution >= 0.6 is 0 Å². The van der Waals surface area contributed by atoms with Gasteiger partial charge in [-0.2, -0.15) is 0 Å². The summed E-state index contributed by atoms with van der Waals surface area (Å²) in [7, 11) is 1.35. The van der Waals surface area contributed by atoms with Gasteiger partial charge in [0.25, 0.3) is 0 Å². The molecule has 5 heteroatoms. The molecule has 5 nitrogen and oxygen atoms in total. The van der Waals surface area contributed by atoms with E-state index in [-0.39, 0.29) is 18.4 Å². The fraction of sp³-hybridized carbons (Fsp3) is 0.385. The molecular formula is C13H16N2O3. The van der Waals surface area contributed by atoms with Crippen molar-refractivity contribution in [2.45, 2.75) is 12.8 Å². The molecule has 0 spiro atoms. The van der Waals surface area contributed by atoms with E-state index in [1.807, 2.05) is 24.3 Å². The maximum Gasteiger partial charge on any atom is 0.325 e. The summed E-state index contributed by atoms with van der Waals surface area (Å²) in [5, 5.41) is 2.99. The Morgan fingerprint density at radius 1 is 1.44 bits per heavy atom. The summed E-state index contributed by atoms with van der Waals surface area (Å²) in [6.45, 7) is 0.825. The molecule has 1 N–H and O–H groups in total. The normalized spacial score (nSPS) is 14.7. The fourth-order valence-corrected chi connectivity index (χ4v) is 2.00. The first-order valence-electron chi connectivity index (χ1n) is 5.92. The minimum atomic E-state index is -0.336. The van der Waals surface area contributed by atoms with Gasteiger partial charge in [0.2, 0.25) is 5.91 Å².